The van der Waals surface area contributed by atoms with Gasteiger partial charge in [0.1, 0.15) is 0 Å². The molecular formula is C11H11NO2. The second kappa shape index (κ2) is 2.96. The zero-order valence-electron chi connectivity index (χ0n) is 7.84. The van der Waals surface area contributed by atoms with Crippen LogP contribution in [-0.4, -0.2) is 16.6 Å². The molecule has 1 amide bonds. The number of nitrogens with zero attached hydrogens (tertiary/aromatic N) is 1. The third-order valence-electron chi connectivity index (χ3n) is 2.23. The first-order chi connectivity index (χ1) is 6.61. The van der Waals surface area contributed by atoms with Crippen molar-refractivity contribution < 1.29 is 9.90 Å². The summed E-state index contributed by atoms with van der Waals surface area (Å²) in [5, 5.41) is 9.62. The third-order valence-corrected chi connectivity index (χ3v) is 2.23. The van der Waals surface area contributed by atoms with Gasteiger partial charge in [0, 0.05) is 11.9 Å². The van der Waals surface area contributed by atoms with E-state index in [1.165, 1.54) is 17.9 Å². The Hall–Kier alpha value is -1.61. The molecule has 1 aliphatic rings. The van der Waals surface area contributed by atoms with Gasteiger partial charge in [-0.05, 0) is 25.1 Å². The molecule has 1 aliphatic heterocycles. The predicted octanol–water partition coefficient (Wildman–Crippen LogP) is 1.30. The van der Waals surface area contributed by atoms with Crippen LogP contribution in [-0.2, 0) is 4.79 Å². The summed E-state index contributed by atoms with van der Waals surface area (Å²) in [6, 6.07) is 9.23. The summed E-state index contributed by atoms with van der Waals surface area (Å²) < 4.78 is 0. The molecule has 1 heterocycles. The van der Waals surface area contributed by atoms with E-state index >= 15 is 0 Å². The summed E-state index contributed by atoms with van der Waals surface area (Å²) in [6.45, 7) is 1.48. The monoisotopic (exact) mass is 189 g/mol. The minimum absolute atomic E-state index is 0.316. The number of para-hydroxylation sites is 1. The number of hydrogen-bond donors (Lipinski definition) is 1. The molecule has 1 aromatic rings. The lowest BCUT2D eigenvalue weighted by molar-refractivity contribution is -0.129. The van der Waals surface area contributed by atoms with Gasteiger partial charge in [0.15, 0.2) is 5.60 Å². The molecule has 1 atom stereocenters. The number of carbonyl (C=O) groups excluding carboxylic acids is 1. The van der Waals surface area contributed by atoms with Crippen molar-refractivity contribution in [1.29, 1.82) is 0 Å². The van der Waals surface area contributed by atoms with Gasteiger partial charge in [0.05, 0.1) is 0 Å². The molecule has 1 aromatic carbocycles. The summed E-state index contributed by atoms with van der Waals surface area (Å²) in [5.41, 5.74) is -0.595. The first-order valence-electron chi connectivity index (χ1n) is 4.42. The Bertz CT molecular complexity index is 382. The first kappa shape index (κ1) is 8.97. The molecule has 0 saturated carbocycles. The van der Waals surface area contributed by atoms with Gasteiger partial charge in [0.2, 0.25) is 0 Å². The minimum Gasteiger partial charge on any atom is -0.376 e. The molecule has 0 spiro atoms. The normalized spacial score (nSPS) is 25.9. The van der Waals surface area contributed by atoms with Crippen LogP contribution in [0.4, 0.5) is 5.69 Å². The van der Waals surface area contributed by atoms with Crippen molar-refractivity contribution in [2.45, 2.75) is 12.5 Å². The Morgan fingerprint density at radius 1 is 1.29 bits per heavy atom. The van der Waals surface area contributed by atoms with Crippen LogP contribution in [0, 0.1) is 0 Å². The van der Waals surface area contributed by atoms with Crippen LogP contribution in [0.2, 0.25) is 0 Å². The lowest BCUT2D eigenvalue weighted by Crippen LogP contribution is -2.37. The smallest absolute Gasteiger partial charge is 0.266 e. The van der Waals surface area contributed by atoms with E-state index in [1.807, 2.05) is 30.3 Å². The topological polar surface area (TPSA) is 40.5 Å². The molecule has 14 heavy (non-hydrogen) atoms. The molecule has 0 aliphatic carbocycles. The van der Waals surface area contributed by atoms with Crippen molar-refractivity contribution in [3.8, 4) is 0 Å². The average Bonchev–Trinajstić information content (AvgIpc) is 2.44. The summed E-state index contributed by atoms with van der Waals surface area (Å²) in [4.78, 5) is 13.1. The highest BCUT2D eigenvalue weighted by molar-refractivity contribution is 6.04. The maximum Gasteiger partial charge on any atom is 0.266 e. The number of carbonyl (C=O) groups is 1. The van der Waals surface area contributed by atoms with Crippen molar-refractivity contribution in [3.05, 3.63) is 42.6 Å². The Balaban J connectivity index is 2.33. The van der Waals surface area contributed by atoms with Crippen molar-refractivity contribution in [2.24, 2.45) is 0 Å². The summed E-state index contributed by atoms with van der Waals surface area (Å²) in [7, 11) is 0. The van der Waals surface area contributed by atoms with Crippen molar-refractivity contribution in [2.75, 3.05) is 4.90 Å². The maximum absolute atomic E-state index is 11.6. The lowest BCUT2D eigenvalue weighted by Gasteiger charge is -2.18. The molecule has 3 nitrogen and oxygen atoms in total. The van der Waals surface area contributed by atoms with Crippen molar-refractivity contribution in [3.63, 3.8) is 0 Å². The fraction of sp³-hybridized carbons (Fsp3) is 0.182. The summed E-state index contributed by atoms with van der Waals surface area (Å²) >= 11 is 0. The van der Waals surface area contributed by atoms with Crippen molar-refractivity contribution >= 4 is 11.6 Å². The number of aliphatic hydroxyl groups is 1. The molecule has 0 fully saturated rings. The third kappa shape index (κ3) is 1.32. The van der Waals surface area contributed by atoms with E-state index in [1.54, 1.807) is 6.20 Å². The molecule has 0 radical (unpaired) electrons. The molecule has 0 bridgehead atoms. The van der Waals surface area contributed by atoms with Gasteiger partial charge in [0.25, 0.3) is 5.91 Å². The molecule has 72 valence electrons. The minimum atomic E-state index is -1.37. The number of benzene rings is 1. The average molecular weight is 189 g/mol. The zero-order chi connectivity index (χ0) is 10.2. The van der Waals surface area contributed by atoms with Crippen LogP contribution in [0.3, 0.4) is 0 Å². The predicted molar refractivity (Wildman–Crippen MR) is 53.7 cm³/mol. The van der Waals surface area contributed by atoms with Crippen molar-refractivity contribution in [1.82, 2.24) is 0 Å². The van der Waals surface area contributed by atoms with E-state index in [0.717, 1.165) is 5.69 Å². The first-order valence-corrected chi connectivity index (χ1v) is 4.42. The van der Waals surface area contributed by atoms with Gasteiger partial charge in [-0.25, -0.2) is 0 Å². The van der Waals surface area contributed by atoms with E-state index in [0.29, 0.717) is 0 Å². The summed E-state index contributed by atoms with van der Waals surface area (Å²) in [5.74, 6) is -0.316. The Kier molecular flexibility index (Phi) is 1.89. The number of amides is 1. The van der Waals surface area contributed by atoms with E-state index < -0.39 is 5.60 Å². The van der Waals surface area contributed by atoms with Crippen LogP contribution in [0.25, 0.3) is 0 Å². The van der Waals surface area contributed by atoms with E-state index in [9.17, 15) is 9.90 Å². The van der Waals surface area contributed by atoms with Gasteiger partial charge in [-0.15, -0.1) is 0 Å². The van der Waals surface area contributed by atoms with E-state index in [-0.39, 0.29) is 5.91 Å². The highest BCUT2D eigenvalue weighted by Gasteiger charge is 2.36. The summed E-state index contributed by atoms with van der Waals surface area (Å²) in [6.07, 6.45) is 3.08. The molecule has 1 unspecified atom stereocenters. The largest absolute Gasteiger partial charge is 0.376 e. The van der Waals surface area contributed by atoms with Gasteiger partial charge in [-0.1, -0.05) is 18.2 Å². The zero-order valence-corrected chi connectivity index (χ0v) is 7.84. The van der Waals surface area contributed by atoms with Gasteiger partial charge >= 0.3 is 0 Å². The molecule has 3 heteroatoms. The Morgan fingerprint density at radius 3 is 2.43 bits per heavy atom. The second-order valence-electron chi connectivity index (χ2n) is 3.47. The molecule has 0 saturated heterocycles. The quantitative estimate of drug-likeness (QED) is 0.723. The molecule has 2 rings (SSSR count). The maximum atomic E-state index is 11.6. The fourth-order valence-electron chi connectivity index (χ4n) is 1.39. The van der Waals surface area contributed by atoms with E-state index in [4.69, 9.17) is 0 Å². The lowest BCUT2D eigenvalue weighted by atomic mass is 10.1. The number of rotatable bonds is 1. The molecule has 1 N–H and O–H groups in total. The van der Waals surface area contributed by atoms with Crippen LogP contribution in [0.1, 0.15) is 6.92 Å². The van der Waals surface area contributed by atoms with Crippen LogP contribution >= 0.6 is 0 Å². The fourth-order valence-corrected chi connectivity index (χ4v) is 1.39. The standard InChI is InChI=1S/C11H11NO2/c1-11(14)7-8-12(10(11)13)9-5-3-2-4-6-9/h2-8,14H,1H3. The van der Waals surface area contributed by atoms with Gasteiger partial charge < -0.3 is 5.11 Å². The Morgan fingerprint density at radius 2 is 1.93 bits per heavy atom. The second-order valence-corrected chi connectivity index (χ2v) is 3.47. The number of hydrogen-bond acceptors (Lipinski definition) is 2. The highest BCUT2D eigenvalue weighted by atomic mass is 16.3. The molecular weight excluding hydrogens is 178 g/mol. The van der Waals surface area contributed by atoms with Crippen LogP contribution in [0.5, 0.6) is 0 Å². The molecule has 0 aromatic heterocycles. The van der Waals surface area contributed by atoms with E-state index in [2.05, 4.69) is 0 Å². The highest BCUT2D eigenvalue weighted by Crippen LogP contribution is 2.24. The van der Waals surface area contributed by atoms with Crippen LogP contribution in [0.15, 0.2) is 42.6 Å². The van der Waals surface area contributed by atoms with Gasteiger partial charge in [-0.2, -0.15) is 0 Å². The number of anilines is 1. The van der Waals surface area contributed by atoms with Gasteiger partial charge in [-0.3, -0.25) is 9.69 Å². The Labute approximate surface area is 82.3 Å². The SMILES string of the molecule is CC1(O)C=CN(c2ccccc2)C1=O. The van der Waals surface area contributed by atoms with Crippen LogP contribution < -0.4 is 4.90 Å².